The number of aromatic nitrogens is 1. The van der Waals surface area contributed by atoms with Gasteiger partial charge >= 0.3 is 0 Å². The summed E-state index contributed by atoms with van der Waals surface area (Å²) in [7, 11) is -3.39. The van der Waals surface area contributed by atoms with Crippen molar-refractivity contribution in [2.24, 2.45) is 5.41 Å². The van der Waals surface area contributed by atoms with Crippen molar-refractivity contribution < 1.29 is 8.42 Å². The minimum Gasteiger partial charge on any atom is -0.232 e. The van der Waals surface area contributed by atoms with E-state index in [0.29, 0.717) is 13.1 Å². The van der Waals surface area contributed by atoms with Crippen LogP contribution in [0.25, 0.3) is 0 Å². The van der Waals surface area contributed by atoms with E-state index >= 15 is 0 Å². The molecule has 7 heteroatoms. The molecule has 1 spiro atoms. The molecule has 1 aliphatic carbocycles. The second kappa shape index (κ2) is 4.98. The maximum atomic E-state index is 12.5. The lowest BCUT2D eigenvalue weighted by Gasteiger charge is -2.33. The topological polar surface area (TPSA) is 50.3 Å². The average Bonchev–Trinajstić information content (AvgIpc) is 2.98. The molecule has 2 aliphatic rings. The Morgan fingerprint density at radius 1 is 1.26 bits per heavy atom. The summed E-state index contributed by atoms with van der Waals surface area (Å²) < 4.78 is 27.2. The quantitative estimate of drug-likeness (QED) is 0.841. The van der Waals surface area contributed by atoms with E-state index in [2.05, 4.69) is 4.98 Å². The van der Waals surface area contributed by atoms with Crippen LogP contribution in [0.15, 0.2) is 10.4 Å². The van der Waals surface area contributed by atoms with Crippen molar-refractivity contribution in [2.75, 3.05) is 13.1 Å². The zero-order valence-electron chi connectivity index (χ0n) is 10.6. The number of hydrogen-bond acceptors (Lipinski definition) is 4. The fourth-order valence-corrected chi connectivity index (χ4v) is 6.30. The first-order valence-corrected chi connectivity index (χ1v) is 9.27. The summed E-state index contributed by atoms with van der Waals surface area (Å²) in [6.07, 6.45) is 8.47. The van der Waals surface area contributed by atoms with Crippen LogP contribution >= 0.6 is 22.9 Å². The van der Waals surface area contributed by atoms with Gasteiger partial charge in [-0.25, -0.2) is 13.4 Å². The monoisotopic (exact) mass is 320 g/mol. The van der Waals surface area contributed by atoms with Gasteiger partial charge in [0.2, 0.25) is 0 Å². The highest BCUT2D eigenvalue weighted by molar-refractivity contribution is 7.91. The molecule has 1 aromatic heterocycles. The predicted molar refractivity (Wildman–Crippen MR) is 76.0 cm³/mol. The molecule has 1 saturated heterocycles. The van der Waals surface area contributed by atoms with Gasteiger partial charge in [-0.05, 0) is 24.7 Å². The van der Waals surface area contributed by atoms with Crippen molar-refractivity contribution in [2.45, 2.75) is 42.7 Å². The van der Waals surface area contributed by atoms with Crippen molar-refractivity contribution in [3.05, 3.63) is 10.7 Å². The molecular formula is C12H17ClN2O2S2. The Labute approximate surface area is 122 Å². The van der Waals surface area contributed by atoms with E-state index in [1.807, 2.05) is 0 Å². The molecule has 0 aromatic carbocycles. The highest BCUT2D eigenvalue weighted by atomic mass is 35.5. The molecule has 1 aromatic rings. The molecule has 2 heterocycles. The van der Waals surface area contributed by atoms with E-state index in [1.54, 1.807) is 4.31 Å². The molecule has 0 bridgehead atoms. The first-order chi connectivity index (χ1) is 9.02. The standard InChI is InChI=1S/C12H17ClN2O2S2/c13-11-14-8-10(18-11)19(16,17)15-7-6-12(9-15)4-2-1-3-5-12/h8H,1-7,9H2. The predicted octanol–water partition coefficient (Wildman–Crippen LogP) is 3.14. The van der Waals surface area contributed by atoms with E-state index in [4.69, 9.17) is 11.6 Å². The highest BCUT2D eigenvalue weighted by Crippen LogP contribution is 2.45. The van der Waals surface area contributed by atoms with Gasteiger partial charge < -0.3 is 0 Å². The van der Waals surface area contributed by atoms with Gasteiger partial charge in [-0.15, -0.1) is 0 Å². The van der Waals surface area contributed by atoms with Gasteiger partial charge in [-0.3, -0.25) is 0 Å². The van der Waals surface area contributed by atoms with E-state index in [1.165, 1.54) is 38.3 Å². The van der Waals surface area contributed by atoms with Gasteiger partial charge in [0.1, 0.15) is 0 Å². The maximum Gasteiger partial charge on any atom is 0.254 e. The van der Waals surface area contributed by atoms with Crippen LogP contribution in [0.2, 0.25) is 4.47 Å². The summed E-state index contributed by atoms with van der Waals surface area (Å²) in [4.78, 5) is 3.84. The minimum absolute atomic E-state index is 0.236. The Kier molecular flexibility index (Phi) is 3.62. The summed E-state index contributed by atoms with van der Waals surface area (Å²) in [6, 6.07) is 0. The third kappa shape index (κ3) is 2.55. The van der Waals surface area contributed by atoms with Crippen molar-refractivity contribution >= 4 is 33.0 Å². The van der Waals surface area contributed by atoms with Gasteiger partial charge in [0.05, 0.1) is 6.20 Å². The van der Waals surface area contributed by atoms with Crippen LogP contribution < -0.4 is 0 Å². The lowest BCUT2D eigenvalue weighted by atomic mass is 9.74. The van der Waals surface area contributed by atoms with Crippen LogP contribution in [0, 0.1) is 5.41 Å². The molecule has 1 aliphatic heterocycles. The van der Waals surface area contributed by atoms with Gasteiger partial charge in [-0.1, -0.05) is 42.2 Å². The van der Waals surface area contributed by atoms with Crippen LogP contribution in [0.5, 0.6) is 0 Å². The van der Waals surface area contributed by atoms with E-state index in [-0.39, 0.29) is 14.1 Å². The summed E-state index contributed by atoms with van der Waals surface area (Å²) in [5.74, 6) is 0. The Morgan fingerprint density at radius 2 is 2.00 bits per heavy atom. The molecule has 3 rings (SSSR count). The van der Waals surface area contributed by atoms with Crippen molar-refractivity contribution in [3.8, 4) is 0 Å². The van der Waals surface area contributed by atoms with Gasteiger partial charge in [-0.2, -0.15) is 4.31 Å². The van der Waals surface area contributed by atoms with Crippen molar-refractivity contribution in [3.63, 3.8) is 0 Å². The second-order valence-electron chi connectivity index (χ2n) is 5.58. The first-order valence-electron chi connectivity index (χ1n) is 6.63. The average molecular weight is 321 g/mol. The van der Waals surface area contributed by atoms with Gasteiger partial charge in [0.25, 0.3) is 10.0 Å². The largest absolute Gasteiger partial charge is 0.254 e. The Bertz CT molecular complexity index is 564. The lowest BCUT2D eigenvalue weighted by molar-refractivity contribution is 0.205. The zero-order valence-corrected chi connectivity index (χ0v) is 13.0. The Morgan fingerprint density at radius 3 is 2.63 bits per heavy atom. The number of thiazole rings is 1. The van der Waals surface area contributed by atoms with Crippen molar-refractivity contribution in [1.29, 1.82) is 0 Å². The van der Waals surface area contributed by atoms with Gasteiger partial charge in [0, 0.05) is 13.1 Å². The molecule has 0 atom stereocenters. The molecule has 4 nitrogen and oxygen atoms in total. The molecule has 1 saturated carbocycles. The third-order valence-corrected chi connectivity index (χ3v) is 7.76. The van der Waals surface area contributed by atoms with E-state index in [0.717, 1.165) is 17.8 Å². The second-order valence-corrected chi connectivity index (χ2v) is 9.36. The van der Waals surface area contributed by atoms with E-state index in [9.17, 15) is 8.42 Å². The summed E-state index contributed by atoms with van der Waals surface area (Å²) in [6.45, 7) is 1.31. The molecule has 0 amide bonds. The number of hydrogen-bond donors (Lipinski definition) is 0. The van der Waals surface area contributed by atoms with Crippen LogP contribution in [0.3, 0.4) is 0 Å². The normalized spacial score (nSPS) is 24.1. The fraction of sp³-hybridized carbons (Fsp3) is 0.750. The summed E-state index contributed by atoms with van der Waals surface area (Å²) in [5, 5.41) is 0. The Balaban J connectivity index is 1.80. The number of halogens is 1. The summed E-state index contributed by atoms with van der Waals surface area (Å²) >= 11 is 6.78. The smallest absolute Gasteiger partial charge is 0.232 e. The van der Waals surface area contributed by atoms with Crippen molar-refractivity contribution in [1.82, 2.24) is 9.29 Å². The maximum absolute atomic E-state index is 12.5. The van der Waals surface area contributed by atoms with E-state index < -0.39 is 10.0 Å². The lowest BCUT2D eigenvalue weighted by Crippen LogP contribution is -2.33. The molecule has 106 valence electrons. The third-order valence-electron chi connectivity index (χ3n) is 4.37. The first kappa shape index (κ1) is 13.8. The number of sulfonamides is 1. The molecule has 2 fully saturated rings. The van der Waals surface area contributed by atoms with Crippen LogP contribution in [-0.2, 0) is 10.0 Å². The fourth-order valence-electron chi connectivity index (χ4n) is 3.29. The molecule has 19 heavy (non-hydrogen) atoms. The minimum atomic E-state index is -3.39. The van der Waals surface area contributed by atoms with Crippen LogP contribution in [-0.4, -0.2) is 30.8 Å². The number of nitrogens with zero attached hydrogens (tertiary/aromatic N) is 2. The molecule has 0 N–H and O–H groups in total. The van der Waals surface area contributed by atoms with Crippen LogP contribution in [0.1, 0.15) is 38.5 Å². The molecule has 0 unspecified atom stereocenters. The molecular weight excluding hydrogens is 304 g/mol. The summed E-state index contributed by atoms with van der Waals surface area (Å²) in [5.41, 5.74) is 0.236. The van der Waals surface area contributed by atoms with Gasteiger partial charge in [0.15, 0.2) is 8.68 Å². The highest BCUT2D eigenvalue weighted by Gasteiger charge is 2.43. The van der Waals surface area contributed by atoms with Crippen LogP contribution in [0.4, 0.5) is 0 Å². The Hall–Kier alpha value is -0.170. The SMILES string of the molecule is O=S(=O)(c1cnc(Cl)s1)N1CCC2(CCCCC2)C1. The zero-order chi connectivity index (χ0) is 13.5. The number of rotatable bonds is 2. The molecule has 0 radical (unpaired) electrons.